The molecule has 16 heavy (non-hydrogen) atoms. The number of hydrogen-bond acceptors (Lipinski definition) is 1. The lowest BCUT2D eigenvalue weighted by Gasteiger charge is -2.35. The average molecular weight is 236 g/mol. The summed E-state index contributed by atoms with van der Waals surface area (Å²) in [6.07, 6.45) is 5.80. The van der Waals surface area contributed by atoms with Gasteiger partial charge in [0.2, 0.25) is 0 Å². The largest absolute Gasteiger partial charge is 0.381 e. The van der Waals surface area contributed by atoms with E-state index < -0.39 is 0 Å². The third kappa shape index (κ3) is 2.64. The summed E-state index contributed by atoms with van der Waals surface area (Å²) in [5.41, 5.74) is 0.760. The second-order valence-electron chi connectivity index (χ2n) is 4.57. The van der Waals surface area contributed by atoms with E-state index in [1.807, 2.05) is 7.11 Å². The minimum atomic E-state index is -0.0640. The monoisotopic (exact) mass is 236 g/mol. The van der Waals surface area contributed by atoms with Crippen molar-refractivity contribution >= 4 is 13.2 Å². The van der Waals surface area contributed by atoms with E-state index in [0.717, 1.165) is 5.66 Å². The standard InChI is InChI=1S/C14H21OP/c1-15-13-10-6-7-11-14(13)16(2)12-8-4-3-5-9-12/h3-5,8-9,13-14H,6-7,10-11H2,1-2H3. The molecule has 1 aromatic carbocycles. The Morgan fingerprint density at radius 3 is 2.50 bits per heavy atom. The molecule has 0 aromatic heterocycles. The van der Waals surface area contributed by atoms with E-state index in [0.29, 0.717) is 6.10 Å². The molecule has 1 fully saturated rings. The summed E-state index contributed by atoms with van der Waals surface area (Å²) in [5.74, 6) is 0. The highest BCUT2D eigenvalue weighted by molar-refractivity contribution is 7.65. The normalized spacial score (nSPS) is 27.6. The molecule has 0 spiro atoms. The van der Waals surface area contributed by atoms with Crippen LogP contribution in [0.3, 0.4) is 0 Å². The lowest BCUT2D eigenvalue weighted by atomic mass is 9.97. The van der Waals surface area contributed by atoms with Gasteiger partial charge < -0.3 is 4.74 Å². The minimum Gasteiger partial charge on any atom is -0.381 e. The predicted molar refractivity (Wildman–Crippen MR) is 72.0 cm³/mol. The van der Waals surface area contributed by atoms with Crippen LogP contribution in [-0.4, -0.2) is 25.5 Å². The van der Waals surface area contributed by atoms with Crippen LogP contribution in [0.15, 0.2) is 30.3 Å². The van der Waals surface area contributed by atoms with Crippen LogP contribution < -0.4 is 5.30 Å². The molecule has 0 amide bonds. The maximum absolute atomic E-state index is 5.66. The molecule has 0 saturated heterocycles. The Balaban J connectivity index is 2.10. The van der Waals surface area contributed by atoms with Crippen molar-refractivity contribution in [3.63, 3.8) is 0 Å². The molecule has 1 saturated carbocycles. The molecule has 1 aliphatic rings. The maximum atomic E-state index is 5.66. The lowest BCUT2D eigenvalue weighted by Crippen LogP contribution is -2.32. The zero-order valence-corrected chi connectivity index (χ0v) is 11.1. The topological polar surface area (TPSA) is 9.23 Å². The maximum Gasteiger partial charge on any atom is 0.0641 e. The molecule has 0 heterocycles. The smallest absolute Gasteiger partial charge is 0.0641 e. The van der Waals surface area contributed by atoms with Crippen molar-refractivity contribution in [2.24, 2.45) is 0 Å². The fourth-order valence-electron chi connectivity index (χ4n) is 2.65. The Kier molecular flexibility index (Phi) is 4.37. The van der Waals surface area contributed by atoms with E-state index in [-0.39, 0.29) is 7.92 Å². The van der Waals surface area contributed by atoms with Crippen LogP contribution in [0.2, 0.25) is 0 Å². The van der Waals surface area contributed by atoms with Gasteiger partial charge in [0.25, 0.3) is 0 Å². The molecular formula is C14H21OP. The Morgan fingerprint density at radius 1 is 1.12 bits per heavy atom. The summed E-state index contributed by atoms with van der Waals surface area (Å²) in [7, 11) is 1.81. The molecule has 2 rings (SSSR count). The molecule has 1 nitrogen and oxygen atoms in total. The van der Waals surface area contributed by atoms with Gasteiger partial charge in [0.1, 0.15) is 0 Å². The number of ether oxygens (including phenoxy) is 1. The van der Waals surface area contributed by atoms with Gasteiger partial charge in [0, 0.05) is 12.8 Å². The van der Waals surface area contributed by atoms with E-state index in [1.54, 1.807) is 0 Å². The molecule has 88 valence electrons. The first-order valence-corrected chi connectivity index (χ1v) is 7.99. The zero-order chi connectivity index (χ0) is 11.4. The summed E-state index contributed by atoms with van der Waals surface area (Å²) >= 11 is 0. The summed E-state index contributed by atoms with van der Waals surface area (Å²) in [5, 5.41) is 1.52. The third-order valence-corrected chi connectivity index (χ3v) is 6.33. The van der Waals surface area contributed by atoms with Crippen LogP contribution >= 0.6 is 7.92 Å². The summed E-state index contributed by atoms with van der Waals surface area (Å²) in [6, 6.07) is 10.9. The quantitative estimate of drug-likeness (QED) is 0.731. The first kappa shape index (κ1) is 12.1. The molecule has 0 N–H and O–H groups in total. The van der Waals surface area contributed by atoms with Crippen molar-refractivity contribution in [1.82, 2.24) is 0 Å². The van der Waals surface area contributed by atoms with Gasteiger partial charge >= 0.3 is 0 Å². The lowest BCUT2D eigenvalue weighted by molar-refractivity contribution is 0.0751. The molecule has 1 aliphatic carbocycles. The van der Waals surface area contributed by atoms with Crippen LogP contribution in [0.1, 0.15) is 25.7 Å². The fourth-order valence-corrected chi connectivity index (χ4v) is 5.01. The Bertz CT molecular complexity index is 312. The van der Waals surface area contributed by atoms with Crippen LogP contribution in [0.25, 0.3) is 0 Å². The van der Waals surface area contributed by atoms with Crippen molar-refractivity contribution in [2.45, 2.75) is 37.4 Å². The number of rotatable bonds is 3. The van der Waals surface area contributed by atoms with Gasteiger partial charge in [-0.1, -0.05) is 51.1 Å². The molecule has 1 aromatic rings. The highest BCUT2D eigenvalue weighted by Gasteiger charge is 2.29. The third-order valence-electron chi connectivity index (χ3n) is 3.63. The molecule has 0 aliphatic heterocycles. The van der Waals surface area contributed by atoms with E-state index in [1.165, 1.54) is 31.0 Å². The highest BCUT2D eigenvalue weighted by Crippen LogP contribution is 2.44. The van der Waals surface area contributed by atoms with Gasteiger partial charge in [-0.2, -0.15) is 0 Å². The number of benzene rings is 1. The predicted octanol–water partition coefficient (Wildman–Crippen LogP) is 3.38. The Hall–Kier alpha value is -0.390. The van der Waals surface area contributed by atoms with Crippen molar-refractivity contribution < 1.29 is 4.74 Å². The van der Waals surface area contributed by atoms with Crippen LogP contribution in [0, 0.1) is 0 Å². The van der Waals surface area contributed by atoms with Crippen LogP contribution in [-0.2, 0) is 4.74 Å². The van der Waals surface area contributed by atoms with Crippen molar-refractivity contribution in [3.05, 3.63) is 30.3 Å². The second-order valence-corrected chi connectivity index (χ2v) is 6.97. The minimum absolute atomic E-state index is 0.0640. The fraction of sp³-hybridized carbons (Fsp3) is 0.571. The molecular weight excluding hydrogens is 215 g/mol. The van der Waals surface area contributed by atoms with Gasteiger partial charge in [-0.05, 0) is 24.8 Å². The van der Waals surface area contributed by atoms with E-state index in [9.17, 15) is 0 Å². The Labute approximate surface area is 100.0 Å². The number of methoxy groups -OCH3 is 1. The van der Waals surface area contributed by atoms with Crippen molar-refractivity contribution in [3.8, 4) is 0 Å². The van der Waals surface area contributed by atoms with Crippen LogP contribution in [0.4, 0.5) is 0 Å². The van der Waals surface area contributed by atoms with Gasteiger partial charge in [0.15, 0.2) is 0 Å². The first-order valence-electron chi connectivity index (χ1n) is 6.13. The molecule has 2 heteroatoms. The summed E-state index contributed by atoms with van der Waals surface area (Å²) in [4.78, 5) is 0. The van der Waals surface area contributed by atoms with Gasteiger partial charge in [0.05, 0.1) is 6.10 Å². The van der Waals surface area contributed by atoms with Gasteiger partial charge in [-0.3, -0.25) is 0 Å². The summed E-state index contributed by atoms with van der Waals surface area (Å²) in [6.45, 7) is 2.41. The van der Waals surface area contributed by atoms with E-state index >= 15 is 0 Å². The van der Waals surface area contributed by atoms with Crippen LogP contribution in [0.5, 0.6) is 0 Å². The molecule has 0 bridgehead atoms. The SMILES string of the molecule is COC1CCCCC1P(C)c1ccccc1. The Morgan fingerprint density at radius 2 is 1.81 bits per heavy atom. The second kappa shape index (κ2) is 5.80. The van der Waals surface area contributed by atoms with E-state index in [4.69, 9.17) is 4.74 Å². The molecule has 0 radical (unpaired) electrons. The summed E-state index contributed by atoms with van der Waals surface area (Å²) < 4.78 is 5.66. The highest BCUT2D eigenvalue weighted by atomic mass is 31.1. The van der Waals surface area contributed by atoms with Gasteiger partial charge in [-0.25, -0.2) is 0 Å². The molecule has 3 unspecified atom stereocenters. The average Bonchev–Trinajstić information content (AvgIpc) is 2.39. The van der Waals surface area contributed by atoms with Gasteiger partial charge in [-0.15, -0.1) is 0 Å². The number of hydrogen-bond donors (Lipinski definition) is 0. The zero-order valence-electron chi connectivity index (χ0n) is 10.2. The molecule has 3 atom stereocenters. The first-order chi connectivity index (χ1) is 7.83. The van der Waals surface area contributed by atoms with Crippen molar-refractivity contribution in [2.75, 3.05) is 13.8 Å². The van der Waals surface area contributed by atoms with E-state index in [2.05, 4.69) is 37.0 Å². The van der Waals surface area contributed by atoms with Crippen molar-refractivity contribution in [1.29, 1.82) is 0 Å².